The van der Waals surface area contributed by atoms with Gasteiger partial charge in [0.2, 0.25) is 0 Å². The first-order chi connectivity index (χ1) is 16.4. The van der Waals surface area contributed by atoms with Gasteiger partial charge < -0.3 is 9.64 Å². The van der Waals surface area contributed by atoms with Crippen LogP contribution in [0, 0.1) is 0 Å². The zero-order chi connectivity index (χ0) is 23.7. The Kier molecular flexibility index (Phi) is 6.62. The van der Waals surface area contributed by atoms with Gasteiger partial charge in [0.1, 0.15) is 11.9 Å². The van der Waals surface area contributed by atoms with Crippen LogP contribution in [0.5, 0.6) is 5.75 Å². The molecule has 2 atom stereocenters. The summed E-state index contributed by atoms with van der Waals surface area (Å²) in [7, 11) is 0. The Bertz CT molecular complexity index is 1120. The Morgan fingerprint density at radius 3 is 2.41 bits per heavy atom. The number of carbonyl (C=O) groups excluding carboxylic acids is 1. The van der Waals surface area contributed by atoms with Crippen LogP contribution in [0.25, 0.3) is 0 Å². The molecule has 3 aromatic rings. The quantitative estimate of drug-likeness (QED) is 0.331. The third-order valence-electron chi connectivity index (χ3n) is 6.47. The van der Waals surface area contributed by atoms with Gasteiger partial charge in [0.05, 0.1) is 9.77 Å². The maximum Gasteiger partial charge on any atom is 0.416 e. The lowest BCUT2D eigenvalue weighted by molar-refractivity contribution is -0.137. The van der Waals surface area contributed by atoms with Gasteiger partial charge in [0, 0.05) is 36.2 Å². The van der Waals surface area contributed by atoms with E-state index >= 15 is 0 Å². The highest BCUT2D eigenvalue weighted by Crippen LogP contribution is 2.39. The van der Waals surface area contributed by atoms with Crippen molar-refractivity contribution in [1.29, 1.82) is 0 Å². The summed E-state index contributed by atoms with van der Waals surface area (Å²) >= 11 is 3.50. The van der Waals surface area contributed by atoms with E-state index in [1.165, 1.54) is 15.8 Å². The minimum Gasteiger partial charge on any atom is -0.490 e. The summed E-state index contributed by atoms with van der Waals surface area (Å²) in [5, 5.41) is 2.06. The molecule has 0 aliphatic carbocycles. The van der Waals surface area contributed by atoms with Crippen molar-refractivity contribution in [3.05, 3.63) is 82.7 Å². The number of carbonyl (C=O) groups is 1. The van der Waals surface area contributed by atoms with Crippen LogP contribution in [-0.2, 0) is 11.9 Å². The second kappa shape index (κ2) is 9.66. The SMILES string of the molecule is O=C(c1ccc(CSc2cccs2)cc1)N1C2CCC1CC(Oc1cccc(C(F)(F)F)c1)C2. The number of fused-ring (bicyclic) bond motifs is 2. The van der Waals surface area contributed by atoms with E-state index in [1.54, 1.807) is 29.2 Å². The molecular weight excluding hydrogens is 479 g/mol. The zero-order valence-corrected chi connectivity index (χ0v) is 20.0. The van der Waals surface area contributed by atoms with E-state index in [1.807, 2.05) is 35.2 Å². The van der Waals surface area contributed by atoms with Crippen molar-refractivity contribution in [2.24, 2.45) is 0 Å². The molecule has 2 aliphatic rings. The predicted octanol–water partition coefficient (Wildman–Crippen LogP) is 7.27. The second-order valence-corrected chi connectivity index (χ2v) is 11.0. The number of ether oxygens (including phenoxy) is 1. The third kappa shape index (κ3) is 5.13. The van der Waals surface area contributed by atoms with Crippen molar-refractivity contribution in [2.75, 3.05) is 0 Å². The van der Waals surface area contributed by atoms with Crippen LogP contribution in [0.3, 0.4) is 0 Å². The summed E-state index contributed by atoms with van der Waals surface area (Å²) < 4.78 is 46.3. The molecule has 0 radical (unpaired) electrons. The molecule has 1 amide bonds. The molecule has 2 aromatic carbocycles. The van der Waals surface area contributed by atoms with Crippen LogP contribution in [0.1, 0.15) is 47.2 Å². The van der Waals surface area contributed by atoms with Gasteiger partial charge in [-0.05, 0) is 60.2 Å². The monoisotopic (exact) mass is 503 g/mol. The molecule has 0 N–H and O–H groups in total. The standard InChI is InChI=1S/C26H24F3NO2S2/c27-26(28,29)19-3-1-4-22(13-19)32-23-14-20-10-11-21(15-23)30(20)25(31)18-8-6-17(7-9-18)16-34-24-5-2-12-33-24/h1-9,12-13,20-21,23H,10-11,14-16H2. The lowest BCUT2D eigenvalue weighted by atomic mass is 9.98. The summed E-state index contributed by atoms with van der Waals surface area (Å²) in [6, 6.07) is 17.1. The maximum atomic E-state index is 13.3. The Labute approximate surface area is 204 Å². The molecule has 0 saturated carbocycles. The van der Waals surface area contributed by atoms with Crippen molar-refractivity contribution in [3.63, 3.8) is 0 Å². The van der Waals surface area contributed by atoms with Gasteiger partial charge in [-0.1, -0.05) is 24.3 Å². The maximum absolute atomic E-state index is 13.3. The van der Waals surface area contributed by atoms with Crippen molar-refractivity contribution in [3.8, 4) is 5.75 Å². The van der Waals surface area contributed by atoms with Gasteiger partial charge in [0.15, 0.2) is 0 Å². The van der Waals surface area contributed by atoms with Crippen LogP contribution in [0.2, 0.25) is 0 Å². The average molecular weight is 504 g/mol. The van der Waals surface area contributed by atoms with E-state index in [0.29, 0.717) is 18.4 Å². The molecule has 0 spiro atoms. The average Bonchev–Trinajstić information content (AvgIpc) is 3.43. The van der Waals surface area contributed by atoms with Gasteiger partial charge >= 0.3 is 6.18 Å². The van der Waals surface area contributed by atoms with Gasteiger partial charge in [-0.3, -0.25) is 4.79 Å². The van der Waals surface area contributed by atoms with Crippen molar-refractivity contribution >= 4 is 29.0 Å². The Morgan fingerprint density at radius 1 is 1.03 bits per heavy atom. The molecule has 2 fully saturated rings. The minimum absolute atomic E-state index is 0.0301. The molecular formula is C26H24F3NO2S2. The van der Waals surface area contributed by atoms with E-state index < -0.39 is 11.7 Å². The summed E-state index contributed by atoms with van der Waals surface area (Å²) in [4.78, 5) is 15.3. The third-order valence-corrected chi connectivity index (χ3v) is 8.67. The van der Waals surface area contributed by atoms with E-state index in [4.69, 9.17) is 4.74 Å². The molecule has 2 aliphatic heterocycles. The van der Waals surface area contributed by atoms with Crippen molar-refractivity contribution < 1.29 is 22.7 Å². The van der Waals surface area contributed by atoms with Crippen LogP contribution < -0.4 is 4.74 Å². The largest absolute Gasteiger partial charge is 0.490 e. The fourth-order valence-electron chi connectivity index (χ4n) is 4.89. The van der Waals surface area contributed by atoms with Gasteiger partial charge in [0.25, 0.3) is 5.91 Å². The number of amides is 1. The van der Waals surface area contributed by atoms with Crippen LogP contribution >= 0.6 is 23.1 Å². The topological polar surface area (TPSA) is 29.5 Å². The Balaban J connectivity index is 1.21. The summed E-state index contributed by atoms with van der Waals surface area (Å²) in [6.07, 6.45) is -1.53. The number of hydrogen-bond donors (Lipinski definition) is 0. The molecule has 178 valence electrons. The van der Waals surface area contributed by atoms with Crippen LogP contribution in [0.4, 0.5) is 13.2 Å². The molecule has 2 bridgehead atoms. The number of thioether (sulfide) groups is 1. The van der Waals surface area contributed by atoms with Crippen molar-refractivity contribution in [2.45, 2.75) is 60.0 Å². The van der Waals surface area contributed by atoms with E-state index in [9.17, 15) is 18.0 Å². The van der Waals surface area contributed by atoms with Crippen LogP contribution in [0.15, 0.2) is 70.3 Å². The highest BCUT2D eigenvalue weighted by atomic mass is 32.2. The zero-order valence-electron chi connectivity index (χ0n) is 18.3. The number of alkyl halides is 3. The van der Waals surface area contributed by atoms with Gasteiger partial charge in [-0.15, -0.1) is 23.1 Å². The first-order valence-corrected chi connectivity index (χ1v) is 13.1. The molecule has 8 heteroatoms. The lowest BCUT2D eigenvalue weighted by Crippen LogP contribution is -2.49. The summed E-state index contributed by atoms with van der Waals surface area (Å²) in [5.74, 6) is 1.12. The minimum atomic E-state index is -4.40. The molecule has 3 nitrogen and oxygen atoms in total. The Hall–Kier alpha value is -2.45. The van der Waals surface area contributed by atoms with E-state index in [0.717, 1.165) is 30.7 Å². The van der Waals surface area contributed by atoms with E-state index in [-0.39, 0.29) is 29.8 Å². The number of nitrogens with zero attached hydrogens (tertiary/aromatic N) is 1. The summed E-state index contributed by atoms with van der Waals surface area (Å²) in [5.41, 5.74) is 1.14. The fourth-order valence-corrected chi connectivity index (χ4v) is 6.63. The van der Waals surface area contributed by atoms with E-state index in [2.05, 4.69) is 11.4 Å². The Morgan fingerprint density at radius 2 is 1.76 bits per heavy atom. The fraction of sp³-hybridized carbons (Fsp3) is 0.346. The van der Waals surface area contributed by atoms with Gasteiger partial charge in [-0.25, -0.2) is 0 Å². The number of halogens is 3. The number of thiophene rings is 1. The molecule has 2 saturated heterocycles. The molecule has 3 heterocycles. The second-order valence-electron chi connectivity index (χ2n) is 8.75. The normalized spacial score (nSPS) is 22.1. The number of rotatable bonds is 6. The molecule has 5 rings (SSSR count). The lowest BCUT2D eigenvalue weighted by Gasteiger charge is -2.39. The van der Waals surface area contributed by atoms with Gasteiger partial charge in [-0.2, -0.15) is 13.2 Å². The predicted molar refractivity (Wildman–Crippen MR) is 128 cm³/mol. The summed E-state index contributed by atoms with van der Waals surface area (Å²) in [6.45, 7) is 0. The highest BCUT2D eigenvalue weighted by Gasteiger charge is 2.44. The van der Waals surface area contributed by atoms with Crippen molar-refractivity contribution in [1.82, 2.24) is 4.90 Å². The molecule has 1 aromatic heterocycles. The number of hydrogen-bond acceptors (Lipinski definition) is 4. The first kappa shape index (κ1) is 23.3. The smallest absolute Gasteiger partial charge is 0.416 e. The highest BCUT2D eigenvalue weighted by molar-refractivity contribution is 8.00. The number of benzene rings is 2. The first-order valence-electron chi connectivity index (χ1n) is 11.3. The molecule has 34 heavy (non-hydrogen) atoms. The van der Waals surface area contributed by atoms with Crippen LogP contribution in [-0.4, -0.2) is 29.0 Å². The molecule has 2 unspecified atom stereocenters. The number of piperidine rings is 1.